The number of carbonyl (C=O) groups is 1. The molecule has 1 fully saturated rings. The van der Waals surface area contributed by atoms with Crippen LogP contribution in [0.5, 0.6) is 5.75 Å². The van der Waals surface area contributed by atoms with Gasteiger partial charge in [-0.05, 0) is 57.7 Å². The number of anilines is 1. The lowest BCUT2D eigenvalue weighted by Gasteiger charge is -2.37. The van der Waals surface area contributed by atoms with Gasteiger partial charge in [-0.15, -0.1) is 0 Å². The molecule has 1 aromatic carbocycles. The molecule has 2 aromatic rings. The van der Waals surface area contributed by atoms with Crippen molar-refractivity contribution in [2.24, 2.45) is 5.92 Å². The van der Waals surface area contributed by atoms with Crippen LogP contribution in [0.25, 0.3) is 0 Å². The molecule has 150 valence electrons. The maximum Gasteiger partial charge on any atom is 0.233 e. The van der Waals surface area contributed by atoms with Crippen molar-refractivity contribution < 1.29 is 14.3 Å². The zero-order valence-electron chi connectivity index (χ0n) is 16.9. The molecule has 1 amide bonds. The van der Waals surface area contributed by atoms with Crippen LogP contribution >= 0.6 is 0 Å². The van der Waals surface area contributed by atoms with Crippen LogP contribution < -0.4 is 9.64 Å². The minimum absolute atomic E-state index is 0.149. The number of amides is 1. The summed E-state index contributed by atoms with van der Waals surface area (Å²) in [5, 5.41) is 4.45. The van der Waals surface area contributed by atoms with Gasteiger partial charge in [-0.3, -0.25) is 9.48 Å². The van der Waals surface area contributed by atoms with Gasteiger partial charge < -0.3 is 14.4 Å². The predicted molar refractivity (Wildman–Crippen MR) is 108 cm³/mol. The summed E-state index contributed by atoms with van der Waals surface area (Å²) in [6, 6.07) is 8.19. The van der Waals surface area contributed by atoms with E-state index >= 15 is 0 Å². The summed E-state index contributed by atoms with van der Waals surface area (Å²) in [6.07, 6.45) is 5.18. The number of ether oxygens (including phenoxy) is 2. The standard InChI is InChI=1S/C22H29N3O3/c1-15(2)25-19(11-12-23-25)21-17(8-6-14-28-21)22(26)24-13-5-7-16-18(24)9-4-10-20(16)27-3/h4,9-12,15,17,21H,5-8,13-14H2,1-3H3/t17-,21-/m1/s1. The lowest BCUT2D eigenvalue weighted by molar-refractivity contribution is -0.132. The summed E-state index contributed by atoms with van der Waals surface area (Å²) in [6.45, 7) is 5.63. The van der Waals surface area contributed by atoms with Gasteiger partial charge in [0.25, 0.3) is 0 Å². The predicted octanol–water partition coefficient (Wildman–Crippen LogP) is 3.92. The Kier molecular flexibility index (Phi) is 5.40. The van der Waals surface area contributed by atoms with Gasteiger partial charge in [-0.1, -0.05) is 6.07 Å². The van der Waals surface area contributed by atoms with Crippen LogP contribution in [0.3, 0.4) is 0 Å². The third-order valence-electron chi connectivity index (χ3n) is 5.81. The highest BCUT2D eigenvalue weighted by Gasteiger charge is 2.39. The van der Waals surface area contributed by atoms with Gasteiger partial charge >= 0.3 is 0 Å². The third-order valence-corrected chi connectivity index (χ3v) is 5.81. The largest absolute Gasteiger partial charge is 0.496 e. The number of hydrogen-bond acceptors (Lipinski definition) is 4. The maximum absolute atomic E-state index is 13.7. The van der Waals surface area contributed by atoms with Gasteiger partial charge in [0.05, 0.1) is 24.4 Å². The number of fused-ring (bicyclic) bond motifs is 1. The number of aromatic nitrogens is 2. The monoisotopic (exact) mass is 383 g/mol. The van der Waals surface area contributed by atoms with Crippen molar-refractivity contribution in [3.63, 3.8) is 0 Å². The van der Waals surface area contributed by atoms with E-state index in [2.05, 4.69) is 18.9 Å². The van der Waals surface area contributed by atoms with Gasteiger partial charge in [0, 0.05) is 31.0 Å². The highest BCUT2D eigenvalue weighted by atomic mass is 16.5. The summed E-state index contributed by atoms with van der Waals surface area (Å²) in [7, 11) is 1.69. The second-order valence-electron chi connectivity index (χ2n) is 7.89. The fourth-order valence-corrected chi connectivity index (χ4v) is 4.52. The van der Waals surface area contributed by atoms with Crippen molar-refractivity contribution in [2.45, 2.75) is 51.7 Å². The van der Waals surface area contributed by atoms with Crippen molar-refractivity contribution >= 4 is 11.6 Å². The average Bonchev–Trinajstić information content (AvgIpc) is 3.22. The first kappa shape index (κ1) is 19.0. The topological polar surface area (TPSA) is 56.6 Å². The Balaban J connectivity index is 1.66. The molecule has 0 bridgehead atoms. The van der Waals surface area contributed by atoms with E-state index in [1.807, 2.05) is 33.8 Å². The Labute approximate surface area is 166 Å². The molecule has 0 saturated carbocycles. The number of carbonyl (C=O) groups excluding carboxylic acids is 1. The molecular weight excluding hydrogens is 354 g/mol. The lowest BCUT2D eigenvalue weighted by Crippen LogP contribution is -2.43. The van der Waals surface area contributed by atoms with E-state index in [1.165, 1.54) is 0 Å². The quantitative estimate of drug-likeness (QED) is 0.803. The van der Waals surface area contributed by atoms with Gasteiger partial charge in [0.15, 0.2) is 0 Å². The molecule has 1 saturated heterocycles. The zero-order chi connectivity index (χ0) is 19.7. The van der Waals surface area contributed by atoms with Crippen LogP contribution in [0.2, 0.25) is 0 Å². The highest BCUT2D eigenvalue weighted by Crippen LogP contribution is 2.40. The van der Waals surface area contributed by atoms with Crippen LogP contribution in [0, 0.1) is 5.92 Å². The number of hydrogen-bond donors (Lipinski definition) is 0. The van der Waals surface area contributed by atoms with Crippen molar-refractivity contribution in [3.8, 4) is 5.75 Å². The molecule has 0 radical (unpaired) electrons. The van der Waals surface area contributed by atoms with Crippen LogP contribution in [0.4, 0.5) is 5.69 Å². The lowest BCUT2D eigenvalue weighted by atomic mass is 9.89. The summed E-state index contributed by atoms with van der Waals surface area (Å²) >= 11 is 0. The van der Waals surface area contributed by atoms with E-state index in [0.717, 1.165) is 54.9 Å². The molecule has 0 aliphatic carbocycles. The van der Waals surface area contributed by atoms with Crippen LogP contribution in [0.1, 0.15) is 56.5 Å². The smallest absolute Gasteiger partial charge is 0.233 e. The van der Waals surface area contributed by atoms with E-state index in [-0.39, 0.29) is 24.0 Å². The van der Waals surface area contributed by atoms with Crippen molar-refractivity contribution in [1.82, 2.24) is 9.78 Å². The summed E-state index contributed by atoms with van der Waals surface area (Å²) < 4.78 is 13.6. The molecule has 0 spiro atoms. The number of methoxy groups -OCH3 is 1. The number of benzene rings is 1. The van der Waals surface area contributed by atoms with Gasteiger partial charge in [0.1, 0.15) is 11.9 Å². The fraction of sp³-hybridized carbons (Fsp3) is 0.545. The Morgan fingerprint density at radius 2 is 2.14 bits per heavy atom. The second-order valence-corrected chi connectivity index (χ2v) is 7.89. The molecule has 1 aromatic heterocycles. The second kappa shape index (κ2) is 7.95. The molecule has 4 rings (SSSR count). The normalized spacial score (nSPS) is 22.2. The number of rotatable bonds is 4. The first-order valence-corrected chi connectivity index (χ1v) is 10.2. The van der Waals surface area contributed by atoms with Crippen LogP contribution in [0.15, 0.2) is 30.5 Å². The Bertz CT molecular complexity index is 845. The minimum Gasteiger partial charge on any atom is -0.496 e. The maximum atomic E-state index is 13.7. The molecule has 0 N–H and O–H groups in total. The SMILES string of the molecule is COc1cccc2c1CCCN2C(=O)[C@@H]1CCCO[C@H]1c1ccnn1C(C)C. The van der Waals surface area contributed by atoms with Gasteiger partial charge in [-0.2, -0.15) is 5.10 Å². The third kappa shape index (κ3) is 3.30. The molecule has 3 heterocycles. The highest BCUT2D eigenvalue weighted by molar-refractivity contribution is 5.97. The molecule has 28 heavy (non-hydrogen) atoms. The van der Waals surface area contributed by atoms with E-state index in [4.69, 9.17) is 9.47 Å². The van der Waals surface area contributed by atoms with Crippen LogP contribution in [-0.4, -0.2) is 35.9 Å². The Morgan fingerprint density at radius 3 is 2.93 bits per heavy atom. The summed E-state index contributed by atoms with van der Waals surface area (Å²) in [5.74, 6) is 0.819. The van der Waals surface area contributed by atoms with E-state index in [9.17, 15) is 4.79 Å². The van der Waals surface area contributed by atoms with E-state index < -0.39 is 0 Å². The minimum atomic E-state index is -0.248. The van der Waals surface area contributed by atoms with E-state index in [0.29, 0.717) is 6.61 Å². The van der Waals surface area contributed by atoms with Crippen molar-refractivity contribution in [3.05, 3.63) is 41.7 Å². The molecular formula is C22H29N3O3. The number of nitrogens with zero attached hydrogens (tertiary/aromatic N) is 3. The first-order chi connectivity index (χ1) is 13.6. The van der Waals surface area contributed by atoms with E-state index in [1.54, 1.807) is 13.3 Å². The summed E-state index contributed by atoms with van der Waals surface area (Å²) in [4.78, 5) is 15.6. The molecule has 2 atom stereocenters. The fourth-order valence-electron chi connectivity index (χ4n) is 4.52. The van der Waals surface area contributed by atoms with Crippen molar-refractivity contribution in [1.29, 1.82) is 0 Å². The molecule has 2 aliphatic rings. The average molecular weight is 383 g/mol. The Hall–Kier alpha value is -2.34. The van der Waals surface area contributed by atoms with Crippen molar-refractivity contribution in [2.75, 3.05) is 25.2 Å². The first-order valence-electron chi connectivity index (χ1n) is 10.2. The zero-order valence-corrected chi connectivity index (χ0v) is 16.9. The Morgan fingerprint density at radius 1 is 1.29 bits per heavy atom. The summed E-state index contributed by atoms with van der Waals surface area (Å²) in [5.41, 5.74) is 3.11. The van der Waals surface area contributed by atoms with Gasteiger partial charge in [0.2, 0.25) is 5.91 Å². The molecule has 6 nitrogen and oxygen atoms in total. The molecule has 2 aliphatic heterocycles. The molecule has 0 unspecified atom stereocenters. The molecule has 6 heteroatoms. The van der Waals surface area contributed by atoms with Crippen LogP contribution in [-0.2, 0) is 16.0 Å². The van der Waals surface area contributed by atoms with Gasteiger partial charge in [-0.25, -0.2) is 0 Å².